The van der Waals surface area contributed by atoms with Gasteiger partial charge in [0, 0.05) is 5.56 Å². The van der Waals surface area contributed by atoms with E-state index in [2.05, 4.69) is 4.98 Å². The highest BCUT2D eigenvalue weighted by molar-refractivity contribution is 7.92. The van der Waals surface area contributed by atoms with E-state index < -0.39 is 22.5 Å². The Kier molecular flexibility index (Phi) is 5.97. The lowest BCUT2D eigenvalue weighted by molar-refractivity contribution is -0.143. The van der Waals surface area contributed by atoms with Crippen LogP contribution in [-0.2, 0) is 26.2 Å². The maximum absolute atomic E-state index is 13.0. The first-order valence-electron chi connectivity index (χ1n) is 8.63. The molecule has 7 nitrogen and oxygen atoms in total. The van der Waals surface area contributed by atoms with Gasteiger partial charge in [-0.1, -0.05) is 18.2 Å². The van der Waals surface area contributed by atoms with Crippen LogP contribution in [0.25, 0.3) is 11.5 Å². The third-order valence-corrected chi connectivity index (χ3v) is 5.21. The summed E-state index contributed by atoms with van der Waals surface area (Å²) in [5.41, 5.74) is 2.05. The van der Waals surface area contributed by atoms with Gasteiger partial charge < -0.3 is 9.15 Å². The van der Waals surface area contributed by atoms with Crippen LogP contribution in [-0.4, -0.2) is 32.2 Å². The van der Waals surface area contributed by atoms with Gasteiger partial charge in [0.15, 0.2) is 0 Å². The Morgan fingerprint density at radius 3 is 2.52 bits per heavy atom. The van der Waals surface area contributed by atoms with Crippen molar-refractivity contribution in [2.75, 3.05) is 17.1 Å². The average molecular weight is 418 g/mol. The number of aromatic nitrogens is 1. The molecule has 0 aliphatic rings. The van der Waals surface area contributed by atoms with Crippen molar-refractivity contribution < 1.29 is 26.8 Å². The first-order valence-corrected chi connectivity index (χ1v) is 10.5. The van der Waals surface area contributed by atoms with Gasteiger partial charge in [0.2, 0.25) is 15.9 Å². The van der Waals surface area contributed by atoms with Gasteiger partial charge in [-0.25, -0.2) is 17.8 Å². The van der Waals surface area contributed by atoms with Crippen molar-refractivity contribution in [3.63, 3.8) is 0 Å². The molecule has 1 heterocycles. The molecule has 0 aliphatic heterocycles. The van der Waals surface area contributed by atoms with Crippen molar-refractivity contribution in [3.05, 3.63) is 71.9 Å². The molecule has 3 rings (SSSR count). The number of para-hydroxylation sites is 1. The average Bonchev–Trinajstić information content (AvgIpc) is 3.14. The topological polar surface area (TPSA) is 89.7 Å². The van der Waals surface area contributed by atoms with E-state index >= 15 is 0 Å². The number of oxazole rings is 1. The van der Waals surface area contributed by atoms with Crippen LogP contribution in [0.3, 0.4) is 0 Å². The number of sulfonamides is 1. The van der Waals surface area contributed by atoms with Crippen LogP contribution in [0.1, 0.15) is 11.3 Å². The molecule has 0 saturated heterocycles. The third kappa shape index (κ3) is 5.20. The van der Waals surface area contributed by atoms with E-state index in [0.29, 0.717) is 22.5 Å². The Bertz CT molecular complexity index is 1110. The number of benzene rings is 2. The molecule has 0 bridgehead atoms. The number of halogens is 1. The van der Waals surface area contributed by atoms with Crippen molar-refractivity contribution in [2.45, 2.75) is 13.5 Å². The molecule has 0 spiro atoms. The lowest BCUT2D eigenvalue weighted by Gasteiger charge is -2.23. The zero-order valence-electron chi connectivity index (χ0n) is 15.8. The van der Waals surface area contributed by atoms with Gasteiger partial charge in [-0.05, 0) is 42.8 Å². The third-order valence-electron chi connectivity index (χ3n) is 4.08. The van der Waals surface area contributed by atoms with Crippen LogP contribution < -0.4 is 4.31 Å². The van der Waals surface area contributed by atoms with Crippen LogP contribution in [0.4, 0.5) is 10.1 Å². The Morgan fingerprint density at radius 2 is 1.86 bits per heavy atom. The van der Waals surface area contributed by atoms with Crippen LogP contribution >= 0.6 is 0 Å². The van der Waals surface area contributed by atoms with Gasteiger partial charge in [-0.15, -0.1) is 0 Å². The molecule has 0 saturated carbocycles. The number of carbonyl (C=O) groups excluding carboxylic acids is 1. The lowest BCUT2D eigenvalue weighted by atomic mass is 10.2. The van der Waals surface area contributed by atoms with Crippen LogP contribution in [0.2, 0.25) is 0 Å². The van der Waals surface area contributed by atoms with Crippen molar-refractivity contribution in [2.24, 2.45) is 0 Å². The molecule has 152 valence electrons. The minimum atomic E-state index is -3.69. The Hall–Kier alpha value is -3.20. The number of aryl methyl sites for hydroxylation is 1. The SMILES string of the molecule is Cc1ccccc1N(CC(=O)OCc1coc(-c2ccc(F)cc2)n1)S(C)(=O)=O. The second-order valence-corrected chi connectivity index (χ2v) is 8.27. The summed E-state index contributed by atoms with van der Waals surface area (Å²) in [7, 11) is -3.69. The molecule has 0 atom stereocenters. The number of rotatable bonds is 7. The maximum atomic E-state index is 13.0. The normalized spacial score (nSPS) is 11.3. The standard InChI is InChI=1S/C20H19FN2O5S/c1-14-5-3-4-6-18(14)23(29(2,25)26)11-19(24)27-12-17-13-28-20(22-17)15-7-9-16(21)10-8-15/h3-10,13H,11-12H2,1-2H3. The monoisotopic (exact) mass is 418 g/mol. The zero-order chi connectivity index (χ0) is 21.0. The molecule has 0 amide bonds. The summed E-state index contributed by atoms with van der Waals surface area (Å²) >= 11 is 0. The smallest absolute Gasteiger partial charge is 0.327 e. The molecular formula is C20H19FN2O5S. The number of hydrogen-bond donors (Lipinski definition) is 0. The van der Waals surface area contributed by atoms with Gasteiger partial charge in [-0.2, -0.15) is 0 Å². The van der Waals surface area contributed by atoms with Crippen LogP contribution in [0, 0.1) is 12.7 Å². The summed E-state index contributed by atoms with van der Waals surface area (Å²) in [6, 6.07) is 12.4. The maximum Gasteiger partial charge on any atom is 0.327 e. The fourth-order valence-corrected chi connectivity index (χ4v) is 3.54. The summed E-state index contributed by atoms with van der Waals surface area (Å²) in [5, 5.41) is 0. The van der Waals surface area contributed by atoms with Gasteiger partial charge in [0.25, 0.3) is 0 Å². The zero-order valence-corrected chi connectivity index (χ0v) is 16.6. The van der Waals surface area contributed by atoms with Crippen LogP contribution in [0.5, 0.6) is 0 Å². The van der Waals surface area contributed by atoms with E-state index in [0.717, 1.165) is 10.6 Å². The minimum absolute atomic E-state index is 0.186. The molecule has 0 unspecified atom stereocenters. The number of carbonyl (C=O) groups is 1. The molecule has 0 radical (unpaired) electrons. The van der Waals surface area contributed by atoms with Crippen LogP contribution in [0.15, 0.2) is 59.2 Å². The highest BCUT2D eigenvalue weighted by atomic mass is 32.2. The van der Waals surface area contributed by atoms with Gasteiger partial charge >= 0.3 is 5.97 Å². The molecular weight excluding hydrogens is 399 g/mol. The number of hydrogen-bond acceptors (Lipinski definition) is 6. The van der Waals surface area contributed by atoms with Gasteiger partial charge in [0.1, 0.15) is 30.9 Å². The number of esters is 1. The van der Waals surface area contributed by atoms with Gasteiger partial charge in [-0.3, -0.25) is 9.10 Å². The van der Waals surface area contributed by atoms with Crippen molar-refractivity contribution >= 4 is 21.7 Å². The minimum Gasteiger partial charge on any atom is -0.458 e. The fraction of sp³-hybridized carbons (Fsp3) is 0.200. The van der Waals surface area contributed by atoms with E-state index in [4.69, 9.17) is 9.15 Å². The molecule has 29 heavy (non-hydrogen) atoms. The largest absolute Gasteiger partial charge is 0.458 e. The molecule has 2 aromatic carbocycles. The second-order valence-electron chi connectivity index (χ2n) is 6.37. The molecule has 0 aliphatic carbocycles. The predicted molar refractivity (Wildman–Crippen MR) is 105 cm³/mol. The Labute approximate surface area is 167 Å². The highest BCUT2D eigenvalue weighted by Crippen LogP contribution is 2.22. The summed E-state index contributed by atoms with van der Waals surface area (Å²) in [6.07, 6.45) is 2.35. The molecule has 0 N–H and O–H groups in total. The molecule has 9 heteroatoms. The number of ether oxygens (including phenoxy) is 1. The second kappa shape index (κ2) is 8.44. The van der Waals surface area contributed by atoms with E-state index in [1.807, 2.05) is 0 Å². The summed E-state index contributed by atoms with van der Waals surface area (Å²) in [6.45, 7) is 1.10. The summed E-state index contributed by atoms with van der Waals surface area (Å²) < 4.78 is 48.7. The number of nitrogens with zero attached hydrogens (tertiary/aromatic N) is 2. The number of anilines is 1. The Morgan fingerprint density at radius 1 is 1.17 bits per heavy atom. The predicted octanol–water partition coefficient (Wildman–Crippen LogP) is 3.30. The quantitative estimate of drug-likeness (QED) is 0.547. The molecule has 0 fully saturated rings. The van der Waals surface area contributed by atoms with Crippen molar-refractivity contribution in [1.29, 1.82) is 0 Å². The molecule has 3 aromatic rings. The first kappa shape index (κ1) is 20.5. The lowest BCUT2D eigenvalue weighted by Crippen LogP contribution is -2.36. The van der Waals surface area contributed by atoms with E-state index in [-0.39, 0.29) is 18.3 Å². The molecule has 1 aromatic heterocycles. The highest BCUT2D eigenvalue weighted by Gasteiger charge is 2.23. The van der Waals surface area contributed by atoms with Crippen molar-refractivity contribution in [3.8, 4) is 11.5 Å². The van der Waals surface area contributed by atoms with E-state index in [1.54, 1.807) is 31.2 Å². The van der Waals surface area contributed by atoms with Gasteiger partial charge in [0.05, 0.1) is 11.9 Å². The van der Waals surface area contributed by atoms with E-state index in [1.165, 1.54) is 30.5 Å². The first-order chi connectivity index (χ1) is 13.7. The fourth-order valence-electron chi connectivity index (χ4n) is 2.64. The van der Waals surface area contributed by atoms with Crippen molar-refractivity contribution in [1.82, 2.24) is 4.98 Å². The Balaban J connectivity index is 1.66. The summed E-state index contributed by atoms with van der Waals surface area (Å²) in [5.74, 6) is -0.850. The summed E-state index contributed by atoms with van der Waals surface area (Å²) in [4.78, 5) is 16.4. The van der Waals surface area contributed by atoms with E-state index in [9.17, 15) is 17.6 Å².